The lowest BCUT2D eigenvalue weighted by molar-refractivity contribution is -0.121. The van der Waals surface area contributed by atoms with Crippen LogP contribution in [0.1, 0.15) is 36.9 Å². The molecule has 3 rings (SSSR count). The molecule has 9 nitrogen and oxygen atoms in total. The molecule has 1 amide bonds. The molecule has 2 heterocycles. The summed E-state index contributed by atoms with van der Waals surface area (Å²) in [6.45, 7) is 2.49. The molecule has 2 aromatic rings. The molecule has 0 unspecified atom stereocenters. The van der Waals surface area contributed by atoms with Gasteiger partial charge in [-0.05, 0) is 43.7 Å². The van der Waals surface area contributed by atoms with Crippen LogP contribution < -0.4 is 16.4 Å². The van der Waals surface area contributed by atoms with E-state index in [2.05, 4.69) is 31.7 Å². The largest absolute Gasteiger partial charge is 0.382 e. The number of nitrogen functional groups attached to an aromatic ring is 1. The van der Waals surface area contributed by atoms with Gasteiger partial charge in [-0.3, -0.25) is 9.79 Å². The van der Waals surface area contributed by atoms with E-state index in [4.69, 9.17) is 5.73 Å². The maximum atomic E-state index is 11.6. The number of piperidine rings is 1. The molecule has 178 valence electrons. The fourth-order valence-corrected chi connectivity index (χ4v) is 4.04. The van der Waals surface area contributed by atoms with Crippen molar-refractivity contribution in [3.63, 3.8) is 0 Å². The summed E-state index contributed by atoms with van der Waals surface area (Å²) in [6, 6.07) is 11.8. The number of nitrogens with zero attached hydrogens (tertiary/aromatic N) is 5. The van der Waals surface area contributed by atoms with Crippen molar-refractivity contribution < 1.29 is 4.79 Å². The van der Waals surface area contributed by atoms with E-state index in [1.165, 1.54) is 0 Å². The monoisotopic (exact) mass is 564 g/mol. The van der Waals surface area contributed by atoms with Crippen molar-refractivity contribution in [2.24, 2.45) is 10.9 Å². The molecule has 1 saturated heterocycles. The van der Waals surface area contributed by atoms with Gasteiger partial charge in [0, 0.05) is 40.2 Å². The normalized spacial score (nSPS) is 14.3. The van der Waals surface area contributed by atoms with Crippen LogP contribution in [0.2, 0.25) is 0 Å². The quantitative estimate of drug-likeness (QED) is 0.205. The Morgan fingerprint density at radius 2 is 2.00 bits per heavy atom. The van der Waals surface area contributed by atoms with E-state index >= 15 is 0 Å². The maximum Gasteiger partial charge on any atom is 0.220 e. The van der Waals surface area contributed by atoms with Crippen molar-refractivity contribution in [3.05, 3.63) is 41.6 Å². The van der Waals surface area contributed by atoms with Crippen molar-refractivity contribution in [3.8, 4) is 11.8 Å². The van der Waals surface area contributed by atoms with E-state index in [-0.39, 0.29) is 29.9 Å². The fraction of sp³-hybridized carbons (Fsp3) is 0.478. The van der Waals surface area contributed by atoms with Crippen molar-refractivity contribution in [2.75, 3.05) is 39.5 Å². The van der Waals surface area contributed by atoms with E-state index in [0.717, 1.165) is 44.0 Å². The molecule has 0 bridgehead atoms. The minimum Gasteiger partial charge on any atom is -0.382 e. The number of likely N-dealkylation sites (tertiary alicyclic amines) is 1. The summed E-state index contributed by atoms with van der Waals surface area (Å²) in [5, 5.41) is 20.3. The molecule has 0 saturated carbocycles. The zero-order valence-electron chi connectivity index (χ0n) is 19.3. The van der Waals surface area contributed by atoms with E-state index in [1.807, 2.05) is 30.3 Å². The summed E-state index contributed by atoms with van der Waals surface area (Å²) in [6.07, 6.45) is 4.00. The Balaban J connectivity index is 0.00000385. The van der Waals surface area contributed by atoms with Gasteiger partial charge in [0.1, 0.15) is 17.5 Å². The highest BCUT2D eigenvalue weighted by Gasteiger charge is 2.23. The van der Waals surface area contributed by atoms with Gasteiger partial charge >= 0.3 is 0 Å². The summed E-state index contributed by atoms with van der Waals surface area (Å²) < 4.78 is 1.63. The standard InChI is InChI=1S/C23H32N8O.HI/c1-26-21(32)15-17-10-13-30(14-11-17)23(27-2)28-12-6-9-20-19(16-24)22(25)31(29-20)18-7-4-3-5-8-18;/h3-5,7-8,17H,6,9-15,25H2,1-2H3,(H,26,32)(H,27,28);1H. The van der Waals surface area contributed by atoms with Crippen LogP contribution in [0.25, 0.3) is 5.69 Å². The second-order valence-corrected chi connectivity index (χ2v) is 7.95. The highest BCUT2D eigenvalue weighted by molar-refractivity contribution is 14.0. The number of guanidine groups is 1. The topological polar surface area (TPSA) is 124 Å². The highest BCUT2D eigenvalue weighted by atomic mass is 127. The van der Waals surface area contributed by atoms with Gasteiger partial charge < -0.3 is 21.3 Å². The Labute approximate surface area is 212 Å². The number of nitrogens with two attached hydrogens (primary N) is 1. The molecule has 1 aliphatic rings. The number of aryl methyl sites for hydroxylation is 1. The second kappa shape index (κ2) is 13.0. The number of halogens is 1. The van der Waals surface area contributed by atoms with Gasteiger partial charge in [0.15, 0.2) is 5.96 Å². The van der Waals surface area contributed by atoms with Gasteiger partial charge in [0.05, 0.1) is 11.4 Å². The lowest BCUT2D eigenvalue weighted by Crippen LogP contribution is -2.46. The number of anilines is 1. The fourth-order valence-electron chi connectivity index (χ4n) is 4.04. The first kappa shape index (κ1) is 26.4. The molecule has 0 atom stereocenters. The Morgan fingerprint density at radius 1 is 1.30 bits per heavy atom. The van der Waals surface area contributed by atoms with Crippen LogP contribution >= 0.6 is 24.0 Å². The minimum absolute atomic E-state index is 0. The molecule has 1 aromatic heterocycles. The number of para-hydroxylation sites is 1. The molecule has 1 aromatic carbocycles. The molecule has 1 aliphatic heterocycles. The number of hydrogen-bond acceptors (Lipinski definition) is 5. The van der Waals surface area contributed by atoms with Gasteiger partial charge in [-0.25, -0.2) is 4.68 Å². The van der Waals surface area contributed by atoms with Gasteiger partial charge in [0.2, 0.25) is 5.91 Å². The molecule has 0 spiro atoms. The Hall–Kier alpha value is -2.81. The predicted octanol–water partition coefficient (Wildman–Crippen LogP) is 2.30. The van der Waals surface area contributed by atoms with E-state index in [9.17, 15) is 10.1 Å². The average molecular weight is 564 g/mol. The molecule has 1 fully saturated rings. The van der Waals surface area contributed by atoms with Crippen LogP contribution in [-0.2, 0) is 11.2 Å². The number of carbonyl (C=O) groups excluding carboxylic acids is 1. The summed E-state index contributed by atoms with van der Waals surface area (Å²) in [5.74, 6) is 1.78. The van der Waals surface area contributed by atoms with Crippen LogP contribution in [0.15, 0.2) is 35.3 Å². The van der Waals surface area contributed by atoms with Crippen molar-refractivity contribution in [1.29, 1.82) is 5.26 Å². The third-order valence-corrected chi connectivity index (χ3v) is 5.86. The van der Waals surface area contributed by atoms with E-state index < -0.39 is 0 Å². The van der Waals surface area contributed by atoms with Crippen molar-refractivity contribution >= 4 is 41.7 Å². The van der Waals surface area contributed by atoms with Crippen molar-refractivity contribution in [1.82, 2.24) is 25.3 Å². The molecular weight excluding hydrogens is 531 g/mol. The van der Waals surface area contributed by atoms with Gasteiger partial charge in [-0.1, -0.05) is 18.2 Å². The maximum absolute atomic E-state index is 11.6. The molecule has 0 aliphatic carbocycles. The smallest absolute Gasteiger partial charge is 0.220 e. The van der Waals surface area contributed by atoms with Gasteiger partial charge in [-0.2, -0.15) is 10.4 Å². The molecular formula is C23H33IN8O. The van der Waals surface area contributed by atoms with Crippen LogP contribution in [0.5, 0.6) is 0 Å². The summed E-state index contributed by atoms with van der Waals surface area (Å²) in [5.41, 5.74) is 8.17. The number of amides is 1. The number of hydrogen-bond donors (Lipinski definition) is 3. The molecule has 4 N–H and O–H groups in total. The molecule has 0 radical (unpaired) electrons. The number of nitrogens with one attached hydrogen (secondary N) is 2. The third-order valence-electron chi connectivity index (χ3n) is 5.86. The van der Waals surface area contributed by atoms with Crippen LogP contribution in [0, 0.1) is 17.2 Å². The SMILES string of the molecule is CN=C(NCCCc1nn(-c2ccccc2)c(N)c1C#N)N1CCC(CC(=O)NC)CC1.I. The zero-order valence-corrected chi connectivity index (χ0v) is 21.6. The second-order valence-electron chi connectivity index (χ2n) is 7.95. The van der Waals surface area contributed by atoms with E-state index in [1.54, 1.807) is 18.8 Å². The van der Waals surface area contributed by atoms with Gasteiger partial charge in [0.25, 0.3) is 0 Å². The Morgan fingerprint density at radius 3 is 2.61 bits per heavy atom. The number of rotatable bonds is 7. The Kier molecular flexibility index (Phi) is 10.4. The van der Waals surface area contributed by atoms with Gasteiger partial charge in [-0.15, -0.1) is 24.0 Å². The van der Waals surface area contributed by atoms with Crippen LogP contribution in [-0.4, -0.2) is 60.3 Å². The van der Waals surface area contributed by atoms with Crippen LogP contribution in [0.3, 0.4) is 0 Å². The highest BCUT2D eigenvalue weighted by Crippen LogP contribution is 2.22. The first-order valence-electron chi connectivity index (χ1n) is 11.1. The first-order chi connectivity index (χ1) is 15.6. The Bertz CT molecular complexity index is 974. The number of nitriles is 1. The van der Waals surface area contributed by atoms with Crippen molar-refractivity contribution in [2.45, 2.75) is 32.1 Å². The summed E-state index contributed by atoms with van der Waals surface area (Å²) in [4.78, 5) is 18.2. The predicted molar refractivity (Wildman–Crippen MR) is 141 cm³/mol. The number of aromatic nitrogens is 2. The average Bonchev–Trinajstić information content (AvgIpc) is 3.15. The minimum atomic E-state index is 0. The summed E-state index contributed by atoms with van der Waals surface area (Å²) >= 11 is 0. The molecule has 10 heteroatoms. The molecule has 33 heavy (non-hydrogen) atoms. The lowest BCUT2D eigenvalue weighted by atomic mass is 9.93. The third kappa shape index (κ3) is 6.83. The van der Waals surface area contributed by atoms with Crippen LogP contribution in [0.4, 0.5) is 5.82 Å². The zero-order chi connectivity index (χ0) is 22.9. The number of carbonyl (C=O) groups is 1. The first-order valence-corrected chi connectivity index (χ1v) is 11.1. The lowest BCUT2D eigenvalue weighted by Gasteiger charge is -2.34. The van der Waals surface area contributed by atoms with E-state index in [0.29, 0.717) is 42.4 Å². The summed E-state index contributed by atoms with van der Waals surface area (Å²) in [7, 11) is 3.47. The number of aliphatic imine (C=N–C) groups is 1. The number of benzene rings is 1.